The lowest BCUT2D eigenvalue weighted by atomic mass is 10.2. The number of thiophene rings is 1. The van der Waals surface area contributed by atoms with Crippen molar-refractivity contribution in [2.45, 2.75) is 0 Å². The molecule has 0 radical (unpaired) electrons. The van der Waals surface area contributed by atoms with Gasteiger partial charge in [0.1, 0.15) is 19.0 Å². The number of nitrogens with zero attached hydrogens (tertiary/aromatic N) is 2. The van der Waals surface area contributed by atoms with Gasteiger partial charge in [-0.25, -0.2) is 9.37 Å². The molecule has 0 unspecified atom stereocenters. The van der Waals surface area contributed by atoms with Gasteiger partial charge in [0.2, 0.25) is 0 Å². The van der Waals surface area contributed by atoms with E-state index >= 15 is 0 Å². The molecule has 0 aliphatic carbocycles. The van der Waals surface area contributed by atoms with Crippen LogP contribution in [0.4, 0.5) is 4.39 Å². The van der Waals surface area contributed by atoms with Crippen LogP contribution in [0.5, 0.6) is 11.8 Å². The smallest absolute Gasteiger partial charge is 0.316 e. The number of methoxy groups -OCH3 is 1. The van der Waals surface area contributed by atoms with E-state index in [1.54, 1.807) is 24.6 Å². The van der Waals surface area contributed by atoms with Crippen LogP contribution in [0.2, 0.25) is 0 Å². The highest BCUT2D eigenvalue weighted by molar-refractivity contribution is 7.22. The van der Waals surface area contributed by atoms with Crippen molar-refractivity contribution in [3.63, 3.8) is 0 Å². The van der Waals surface area contributed by atoms with E-state index in [0.29, 0.717) is 11.8 Å². The summed E-state index contributed by atoms with van der Waals surface area (Å²) in [5.41, 5.74) is 0.814. The molecule has 2 aromatic heterocycles. The Labute approximate surface area is 125 Å². The summed E-state index contributed by atoms with van der Waals surface area (Å²) in [6.07, 6.45) is 1.67. The summed E-state index contributed by atoms with van der Waals surface area (Å²) in [6, 6.07) is 9.96. The fourth-order valence-electron chi connectivity index (χ4n) is 1.96. The summed E-state index contributed by atoms with van der Waals surface area (Å²) in [4.78, 5) is 9.35. The average Bonchev–Trinajstić information content (AvgIpc) is 2.96. The van der Waals surface area contributed by atoms with E-state index in [0.717, 1.165) is 20.7 Å². The first-order valence-electron chi connectivity index (χ1n) is 6.40. The zero-order chi connectivity index (χ0) is 14.7. The van der Waals surface area contributed by atoms with Crippen LogP contribution in [0.25, 0.3) is 20.7 Å². The number of benzene rings is 1. The largest absolute Gasteiger partial charge is 0.491 e. The molecule has 0 saturated heterocycles. The summed E-state index contributed by atoms with van der Waals surface area (Å²) < 4.78 is 23.6. The minimum absolute atomic E-state index is 0.0762. The quantitative estimate of drug-likeness (QED) is 0.720. The second-order valence-corrected chi connectivity index (χ2v) is 5.36. The third-order valence-corrected chi connectivity index (χ3v) is 4.03. The summed E-state index contributed by atoms with van der Waals surface area (Å²) in [5, 5.41) is 1.10. The van der Waals surface area contributed by atoms with Crippen LogP contribution in [0.1, 0.15) is 0 Å². The Hall–Kier alpha value is -2.21. The van der Waals surface area contributed by atoms with Gasteiger partial charge < -0.3 is 9.47 Å². The number of hydrogen-bond donors (Lipinski definition) is 0. The molecule has 0 saturated carbocycles. The highest BCUT2D eigenvalue weighted by Crippen LogP contribution is 2.34. The summed E-state index contributed by atoms with van der Waals surface area (Å²) in [5.74, 6) is 0.675. The Morgan fingerprint density at radius 3 is 2.95 bits per heavy atom. The molecule has 2 heterocycles. The lowest BCUT2D eigenvalue weighted by Crippen LogP contribution is -1.97. The molecule has 0 aliphatic heterocycles. The van der Waals surface area contributed by atoms with Crippen LogP contribution in [0.3, 0.4) is 0 Å². The number of ether oxygens (including phenoxy) is 2. The lowest BCUT2D eigenvalue weighted by molar-refractivity contribution is 0.273. The fourth-order valence-corrected chi connectivity index (χ4v) is 3.02. The number of halogens is 1. The zero-order valence-corrected chi connectivity index (χ0v) is 12.2. The summed E-state index contributed by atoms with van der Waals surface area (Å²) >= 11 is 1.60. The van der Waals surface area contributed by atoms with Crippen molar-refractivity contribution in [1.29, 1.82) is 0 Å². The van der Waals surface area contributed by atoms with E-state index in [1.165, 1.54) is 0 Å². The third-order valence-electron chi connectivity index (χ3n) is 2.91. The predicted molar refractivity (Wildman–Crippen MR) is 80.9 cm³/mol. The van der Waals surface area contributed by atoms with Crippen LogP contribution in [-0.2, 0) is 0 Å². The Morgan fingerprint density at radius 2 is 2.14 bits per heavy atom. The molecular formula is C15H13FN2O2S. The van der Waals surface area contributed by atoms with Gasteiger partial charge in [-0.15, -0.1) is 11.3 Å². The van der Waals surface area contributed by atoms with Gasteiger partial charge in [-0.3, -0.25) is 0 Å². The number of fused-ring (bicyclic) bond motifs is 1. The molecule has 0 aliphatic rings. The molecule has 0 N–H and O–H groups in total. The molecule has 1 aromatic carbocycles. The van der Waals surface area contributed by atoms with Gasteiger partial charge in [0.15, 0.2) is 0 Å². The van der Waals surface area contributed by atoms with Gasteiger partial charge >= 0.3 is 6.01 Å². The van der Waals surface area contributed by atoms with Gasteiger partial charge in [0.25, 0.3) is 0 Å². The zero-order valence-electron chi connectivity index (χ0n) is 11.4. The van der Waals surface area contributed by atoms with Gasteiger partial charge in [-0.05, 0) is 35.7 Å². The molecule has 3 aromatic rings. The number of aromatic nitrogens is 2. The highest BCUT2D eigenvalue weighted by atomic mass is 32.1. The minimum atomic E-state index is -0.492. The summed E-state index contributed by atoms with van der Waals surface area (Å²) in [6.45, 7) is -0.415. The van der Waals surface area contributed by atoms with Gasteiger partial charge in [-0.1, -0.05) is 0 Å². The molecular weight excluding hydrogens is 291 g/mol. The van der Waals surface area contributed by atoms with Gasteiger partial charge in [0, 0.05) is 10.9 Å². The van der Waals surface area contributed by atoms with Crippen molar-refractivity contribution in [2.75, 3.05) is 20.4 Å². The van der Waals surface area contributed by atoms with Crippen LogP contribution in [-0.4, -0.2) is 30.4 Å². The molecule has 0 bridgehead atoms. The Bertz CT molecular complexity index is 760. The van der Waals surface area contributed by atoms with Crippen LogP contribution in [0, 0.1) is 0 Å². The SMILES string of the molecule is COc1nccc(-c2cc3ccc(OCCF)cc3s2)n1. The van der Waals surface area contributed by atoms with Crippen molar-refractivity contribution >= 4 is 21.4 Å². The maximum absolute atomic E-state index is 12.1. The molecule has 0 fully saturated rings. The second-order valence-electron chi connectivity index (χ2n) is 4.28. The van der Waals surface area contributed by atoms with E-state index in [2.05, 4.69) is 16.0 Å². The van der Waals surface area contributed by atoms with E-state index in [-0.39, 0.29) is 6.61 Å². The van der Waals surface area contributed by atoms with Crippen molar-refractivity contribution < 1.29 is 13.9 Å². The van der Waals surface area contributed by atoms with E-state index in [4.69, 9.17) is 9.47 Å². The third kappa shape index (κ3) is 2.95. The van der Waals surface area contributed by atoms with E-state index in [9.17, 15) is 4.39 Å². The Kier molecular flexibility index (Phi) is 3.96. The van der Waals surface area contributed by atoms with E-state index in [1.807, 2.05) is 24.3 Å². The van der Waals surface area contributed by atoms with Crippen molar-refractivity contribution in [2.24, 2.45) is 0 Å². The first-order chi connectivity index (χ1) is 10.3. The topological polar surface area (TPSA) is 44.2 Å². The monoisotopic (exact) mass is 304 g/mol. The molecule has 6 heteroatoms. The molecule has 0 spiro atoms. The molecule has 0 atom stereocenters. The number of alkyl halides is 1. The van der Waals surface area contributed by atoms with Crippen molar-refractivity contribution in [3.8, 4) is 22.3 Å². The lowest BCUT2D eigenvalue weighted by Gasteiger charge is -2.02. The van der Waals surface area contributed by atoms with Gasteiger partial charge in [-0.2, -0.15) is 4.98 Å². The van der Waals surface area contributed by atoms with Crippen LogP contribution < -0.4 is 9.47 Å². The molecule has 4 nitrogen and oxygen atoms in total. The molecule has 21 heavy (non-hydrogen) atoms. The van der Waals surface area contributed by atoms with Crippen LogP contribution in [0.15, 0.2) is 36.5 Å². The molecule has 108 valence electrons. The van der Waals surface area contributed by atoms with Crippen molar-refractivity contribution in [1.82, 2.24) is 9.97 Å². The standard InChI is InChI=1S/C15H13FN2O2S/c1-19-15-17-6-4-12(18-15)14-8-10-2-3-11(20-7-5-16)9-13(10)21-14/h2-4,6,8-9H,5,7H2,1H3. The maximum atomic E-state index is 12.1. The van der Waals surface area contributed by atoms with E-state index < -0.39 is 6.67 Å². The highest BCUT2D eigenvalue weighted by Gasteiger charge is 2.08. The van der Waals surface area contributed by atoms with Crippen molar-refractivity contribution in [3.05, 3.63) is 36.5 Å². The number of hydrogen-bond acceptors (Lipinski definition) is 5. The Balaban J connectivity index is 1.96. The average molecular weight is 304 g/mol. The maximum Gasteiger partial charge on any atom is 0.316 e. The second kappa shape index (κ2) is 6.05. The molecule has 0 amide bonds. The first kappa shape index (κ1) is 13.8. The molecule has 3 rings (SSSR count). The Morgan fingerprint density at radius 1 is 1.24 bits per heavy atom. The fraction of sp³-hybridized carbons (Fsp3) is 0.200. The number of rotatable bonds is 5. The van der Waals surface area contributed by atoms with Gasteiger partial charge in [0.05, 0.1) is 17.7 Å². The minimum Gasteiger partial charge on any atom is -0.491 e. The predicted octanol–water partition coefficient (Wildman–Crippen LogP) is 3.72. The first-order valence-corrected chi connectivity index (χ1v) is 7.21. The normalized spacial score (nSPS) is 10.8. The summed E-state index contributed by atoms with van der Waals surface area (Å²) in [7, 11) is 1.54. The van der Waals surface area contributed by atoms with Crippen LogP contribution >= 0.6 is 11.3 Å².